The topological polar surface area (TPSA) is 116 Å². The van der Waals surface area contributed by atoms with Crippen molar-refractivity contribution in [3.63, 3.8) is 0 Å². The number of hydrogen-bond acceptors (Lipinski definition) is 5. The molecule has 9 heteroatoms. The fourth-order valence-corrected chi connectivity index (χ4v) is 2.52. The standard InChI is InChI=1S/C12H17N3O6/c1-2-14(8-6-21-5-7(8)11(18)19)10(17)4-15-9(16)3-13-12(15)20/h7-8H,2-6H2,1H3,(H,13,20)(H,18,19). The van der Waals surface area contributed by atoms with Crippen molar-refractivity contribution < 1.29 is 29.0 Å². The summed E-state index contributed by atoms with van der Waals surface area (Å²) in [6, 6.07) is -1.19. The number of urea groups is 1. The number of nitrogens with zero attached hydrogens (tertiary/aromatic N) is 2. The van der Waals surface area contributed by atoms with Crippen molar-refractivity contribution in [2.24, 2.45) is 5.92 Å². The van der Waals surface area contributed by atoms with E-state index in [1.807, 2.05) is 0 Å². The number of ether oxygens (including phenoxy) is 1. The first kappa shape index (κ1) is 15.2. The Bertz CT molecular complexity index is 464. The Morgan fingerprint density at radius 1 is 1.43 bits per heavy atom. The minimum absolute atomic E-state index is 0.0485. The van der Waals surface area contributed by atoms with E-state index in [4.69, 9.17) is 9.84 Å². The minimum Gasteiger partial charge on any atom is -0.481 e. The predicted molar refractivity (Wildman–Crippen MR) is 68.2 cm³/mol. The van der Waals surface area contributed by atoms with Gasteiger partial charge in [0.25, 0.3) is 5.91 Å². The third-order valence-corrected chi connectivity index (χ3v) is 3.66. The maximum absolute atomic E-state index is 12.3. The van der Waals surface area contributed by atoms with Gasteiger partial charge >= 0.3 is 12.0 Å². The molecule has 0 spiro atoms. The predicted octanol–water partition coefficient (Wildman–Crippen LogP) is -1.51. The molecule has 4 amide bonds. The van der Waals surface area contributed by atoms with E-state index in [-0.39, 0.29) is 32.8 Å². The van der Waals surface area contributed by atoms with Gasteiger partial charge in [-0.3, -0.25) is 19.3 Å². The van der Waals surface area contributed by atoms with Gasteiger partial charge in [-0.05, 0) is 6.92 Å². The fourth-order valence-electron chi connectivity index (χ4n) is 2.52. The van der Waals surface area contributed by atoms with Gasteiger partial charge < -0.3 is 20.1 Å². The number of carbonyl (C=O) groups is 4. The SMILES string of the molecule is CCN(C(=O)CN1C(=O)CNC1=O)C1COCC1C(=O)O. The Balaban J connectivity index is 2.06. The summed E-state index contributed by atoms with van der Waals surface area (Å²) < 4.78 is 5.14. The Labute approximate surface area is 120 Å². The molecule has 2 saturated heterocycles. The van der Waals surface area contributed by atoms with Crippen LogP contribution in [-0.4, -0.2) is 77.6 Å². The van der Waals surface area contributed by atoms with Crippen LogP contribution in [0.5, 0.6) is 0 Å². The normalized spacial score (nSPS) is 25.1. The van der Waals surface area contributed by atoms with E-state index in [1.165, 1.54) is 4.90 Å². The molecule has 0 aliphatic carbocycles. The van der Waals surface area contributed by atoms with E-state index >= 15 is 0 Å². The summed E-state index contributed by atoms with van der Waals surface area (Å²) in [4.78, 5) is 48.5. The molecular weight excluding hydrogens is 282 g/mol. The molecule has 0 saturated carbocycles. The number of rotatable bonds is 5. The first-order valence-electron chi connectivity index (χ1n) is 6.64. The molecule has 2 unspecified atom stereocenters. The molecule has 0 bridgehead atoms. The zero-order valence-electron chi connectivity index (χ0n) is 11.6. The van der Waals surface area contributed by atoms with Gasteiger partial charge in [0.15, 0.2) is 0 Å². The molecule has 116 valence electrons. The molecule has 0 aromatic carbocycles. The largest absolute Gasteiger partial charge is 0.481 e. The second-order valence-corrected chi connectivity index (χ2v) is 4.87. The van der Waals surface area contributed by atoms with Crippen molar-refractivity contribution in [1.82, 2.24) is 15.1 Å². The monoisotopic (exact) mass is 299 g/mol. The van der Waals surface area contributed by atoms with E-state index in [9.17, 15) is 19.2 Å². The summed E-state index contributed by atoms with van der Waals surface area (Å²) in [6.07, 6.45) is 0. The van der Waals surface area contributed by atoms with Gasteiger partial charge in [-0.15, -0.1) is 0 Å². The number of carbonyl (C=O) groups excluding carboxylic acids is 3. The Hall–Kier alpha value is -2.16. The smallest absolute Gasteiger partial charge is 0.325 e. The lowest BCUT2D eigenvalue weighted by Crippen LogP contribution is -2.50. The van der Waals surface area contributed by atoms with Gasteiger partial charge in [0.1, 0.15) is 12.5 Å². The number of aliphatic carboxylic acids is 1. The quantitative estimate of drug-likeness (QED) is 0.596. The van der Waals surface area contributed by atoms with Gasteiger partial charge in [-0.1, -0.05) is 0 Å². The highest BCUT2D eigenvalue weighted by molar-refractivity contribution is 6.04. The summed E-state index contributed by atoms with van der Waals surface area (Å²) in [5, 5.41) is 11.5. The number of amides is 4. The van der Waals surface area contributed by atoms with Gasteiger partial charge in [0.05, 0.1) is 25.8 Å². The van der Waals surface area contributed by atoms with Gasteiger partial charge in [-0.25, -0.2) is 4.79 Å². The summed E-state index contributed by atoms with van der Waals surface area (Å²) >= 11 is 0. The molecule has 2 fully saturated rings. The summed E-state index contributed by atoms with van der Waals surface area (Å²) in [6.45, 7) is 1.66. The molecule has 2 atom stereocenters. The zero-order valence-corrected chi connectivity index (χ0v) is 11.6. The van der Waals surface area contributed by atoms with Crippen LogP contribution in [-0.2, 0) is 19.1 Å². The van der Waals surface area contributed by atoms with Crippen LogP contribution in [0.4, 0.5) is 4.79 Å². The Morgan fingerprint density at radius 2 is 2.14 bits per heavy atom. The summed E-state index contributed by atoms with van der Waals surface area (Å²) in [5.74, 6) is -2.76. The molecule has 2 aliphatic rings. The molecule has 9 nitrogen and oxygen atoms in total. The average Bonchev–Trinajstić information content (AvgIpc) is 3.02. The molecule has 21 heavy (non-hydrogen) atoms. The highest BCUT2D eigenvalue weighted by atomic mass is 16.5. The van der Waals surface area contributed by atoms with Crippen molar-refractivity contribution in [2.45, 2.75) is 13.0 Å². The fraction of sp³-hybridized carbons (Fsp3) is 0.667. The molecule has 0 aromatic heterocycles. The number of likely N-dealkylation sites (N-methyl/N-ethyl adjacent to an activating group) is 1. The lowest BCUT2D eigenvalue weighted by atomic mass is 10.0. The summed E-state index contributed by atoms with van der Waals surface area (Å²) in [5.41, 5.74) is 0. The number of carboxylic acid groups (broad SMARTS) is 1. The second-order valence-electron chi connectivity index (χ2n) is 4.87. The third-order valence-electron chi connectivity index (χ3n) is 3.66. The van der Waals surface area contributed by atoms with Crippen molar-refractivity contribution in [1.29, 1.82) is 0 Å². The van der Waals surface area contributed by atoms with Crippen molar-refractivity contribution >= 4 is 23.8 Å². The molecule has 2 N–H and O–H groups in total. The first-order chi connectivity index (χ1) is 9.95. The molecule has 2 rings (SSSR count). The number of hydrogen-bond donors (Lipinski definition) is 2. The number of nitrogens with one attached hydrogen (secondary N) is 1. The van der Waals surface area contributed by atoms with Crippen LogP contribution in [0.3, 0.4) is 0 Å². The van der Waals surface area contributed by atoms with Crippen LogP contribution in [0.2, 0.25) is 0 Å². The minimum atomic E-state index is -1.03. The van der Waals surface area contributed by atoms with E-state index in [0.29, 0.717) is 0 Å². The van der Waals surface area contributed by atoms with Crippen LogP contribution < -0.4 is 5.32 Å². The van der Waals surface area contributed by atoms with Gasteiger partial charge in [0, 0.05) is 6.54 Å². The van der Waals surface area contributed by atoms with Crippen LogP contribution in [0.25, 0.3) is 0 Å². The van der Waals surface area contributed by atoms with E-state index in [1.54, 1.807) is 6.92 Å². The van der Waals surface area contributed by atoms with E-state index in [2.05, 4.69) is 5.32 Å². The molecule has 2 heterocycles. The highest BCUT2D eigenvalue weighted by Gasteiger charge is 2.40. The van der Waals surface area contributed by atoms with Crippen LogP contribution in [0, 0.1) is 5.92 Å². The maximum Gasteiger partial charge on any atom is 0.325 e. The van der Waals surface area contributed by atoms with Gasteiger partial charge in [0.2, 0.25) is 5.91 Å². The Morgan fingerprint density at radius 3 is 2.67 bits per heavy atom. The lowest BCUT2D eigenvalue weighted by molar-refractivity contribution is -0.146. The maximum atomic E-state index is 12.3. The molecule has 2 aliphatic heterocycles. The second kappa shape index (κ2) is 6.08. The molecular formula is C12H17N3O6. The highest BCUT2D eigenvalue weighted by Crippen LogP contribution is 2.20. The molecule has 0 radical (unpaired) electrons. The zero-order chi connectivity index (χ0) is 15.6. The number of carboxylic acids is 1. The van der Waals surface area contributed by atoms with Crippen molar-refractivity contribution in [3.8, 4) is 0 Å². The van der Waals surface area contributed by atoms with Gasteiger partial charge in [-0.2, -0.15) is 0 Å². The third kappa shape index (κ3) is 2.97. The van der Waals surface area contributed by atoms with Crippen molar-refractivity contribution in [3.05, 3.63) is 0 Å². The van der Waals surface area contributed by atoms with Crippen LogP contribution in [0.1, 0.15) is 6.92 Å². The number of imide groups is 1. The van der Waals surface area contributed by atoms with Crippen LogP contribution >= 0.6 is 0 Å². The van der Waals surface area contributed by atoms with E-state index < -0.39 is 35.8 Å². The molecule has 0 aromatic rings. The average molecular weight is 299 g/mol. The van der Waals surface area contributed by atoms with Crippen LogP contribution in [0.15, 0.2) is 0 Å². The Kier molecular flexibility index (Phi) is 4.41. The first-order valence-corrected chi connectivity index (χ1v) is 6.64. The van der Waals surface area contributed by atoms with Crippen molar-refractivity contribution in [2.75, 3.05) is 32.8 Å². The lowest BCUT2D eigenvalue weighted by Gasteiger charge is -2.30. The summed E-state index contributed by atoms with van der Waals surface area (Å²) in [7, 11) is 0. The van der Waals surface area contributed by atoms with E-state index in [0.717, 1.165) is 4.90 Å².